The van der Waals surface area contributed by atoms with Crippen LogP contribution in [0.4, 0.5) is 6.01 Å². The van der Waals surface area contributed by atoms with Crippen molar-refractivity contribution in [2.45, 2.75) is 32.2 Å². The number of hydrogen-bond acceptors (Lipinski definition) is 6. The molecular formula is C19H22ClN3O4S. The SMILES string of the molecule is CC1(C(=O)NC2CC3(C2)CN(c2nc4cc(Cl)ccc4o2)C3)CCS(=O)(=O)C1. The van der Waals surface area contributed by atoms with E-state index in [9.17, 15) is 13.2 Å². The molecule has 0 radical (unpaired) electrons. The van der Waals surface area contributed by atoms with E-state index in [0.29, 0.717) is 17.5 Å². The highest BCUT2D eigenvalue weighted by atomic mass is 35.5. The van der Waals surface area contributed by atoms with E-state index in [-0.39, 0.29) is 28.9 Å². The van der Waals surface area contributed by atoms with Crippen LogP contribution in [0, 0.1) is 10.8 Å². The topological polar surface area (TPSA) is 92.5 Å². The molecule has 0 bridgehead atoms. The maximum atomic E-state index is 12.6. The number of rotatable bonds is 3. The number of carbonyl (C=O) groups is 1. The highest BCUT2D eigenvalue weighted by Gasteiger charge is 2.55. The first-order chi connectivity index (χ1) is 13.2. The van der Waals surface area contributed by atoms with Crippen molar-refractivity contribution in [3.63, 3.8) is 0 Å². The average Bonchev–Trinajstić information content (AvgIpc) is 3.08. The van der Waals surface area contributed by atoms with Gasteiger partial charge in [-0.1, -0.05) is 11.6 Å². The molecule has 150 valence electrons. The number of anilines is 1. The van der Waals surface area contributed by atoms with Crippen molar-refractivity contribution in [1.82, 2.24) is 10.3 Å². The fraction of sp³-hybridized carbons (Fsp3) is 0.579. The zero-order chi connectivity index (χ0) is 19.7. The zero-order valence-electron chi connectivity index (χ0n) is 15.6. The lowest BCUT2D eigenvalue weighted by Gasteiger charge is -2.58. The van der Waals surface area contributed by atoms with E-state index < -0.39 is 15.3 Å². The van der Waals surface area contributed by atoms with Crippen LogP contribution < -0.4 is 10.2 Å². The first kappa shape index (κ1) is 18.2. The molecular weight excluding hydrogens is 402 g/mol. The summed E-state index contributed by atoms with van der Waals surface area (Å²) in [6.45, 7) is 3.46. The van der Waals surface area contributed by atoms with Gasteiger partial charge in [-0.2, -0.15) is 4.98 Å². The molecule has 1 unspecified atom stereocenters. The minimum Gasteiger partial charge on any atom is -0.423 e. The van der Waals surface area contributed by atoms with E-state index in [1.165, 1.54) is 0 Å². The number of nitrogens with one attached hydrogen (secondary N) is 1. The van der Waals surface area contributed by atoms with Crippen LogP contribution in [0.1, 0.15) is 26.2 Å². The van der Waals surface area contributed by atoms with Crippen molar-refractivity contribution < 1.29 is 17.6 Å². The van der Waals surface area contributed by atoms with E-state index >= 15 is 0 Å². The third-order valence-corrected chi connectivity index (χ3v) is 8.55. The van der Waals surface area contributed by atoms with E-state index in [1.807, 2.05) is 6.07 Å². The minimum absolute atomic E-state index is 0.0424. The van der Waals surface area contributed by atoms with Gasteiger partial charge in [-0.3, -0.25) is 4.79 Å². The number of fused-ring (bicyclic) bond motifs is 1. The average molecular weight is 424 g/mol. The van der Waals surface area contributed by atoms with Crippen molar-refractivity contribution in [3.8, 4) is 0 Å². The number of oxazole rings is 1. The summed E-state index contributed by atoms with van der Waals surface area (Å²) in [5.41, 5.74) is 0.881. The summed E-state index contributed by atoms with van der Waals surface area (Å²) >= 11 is 6.00. The summed E-state index contributed by atoms with van der Waals surface area (Å²) in [5.74, 6) is -0.0597. The first-order valence-corrected chi connectivity index (χ1v) is 11.7. The number of nitrogens with zero attached hydrogens (tertiary/aromatic N) is 2. The van der Waals surface area contributed by atoms with Crippen LogP contribution in [0.3, 0.4) is 0 Å². The standard InChI is InChI=1S/C19H22ClN3O4S/c1-18(4-5-28(25,26)11-18)16(24)21-13-7-19(8-13)9-23(10-19)17-22-14-6-12(20)2-3-15(14)27-17/h2-3,6,13H,4-5,7-11H2,1H3,(H,21,24). The Hall–Kier alpha value is -1.80. The van der Waals surface area contributed by atoms with Gasteiger partial charge in [0.2, 0.25) is 5.91 Å². The van der Waals surface area contributed by atoms with Gasteiger partial charge in [-0.25, -0.2) is 8.42 Å². The van der Waals surface area contributed by atoms with Crippen LogP contribution in [0.15, 0.2) is 22.6 Å². The van der Waals surface area contributed by atoms with Crippen molar-refractivity contribution in [1.29, 1.82) is 0 Å². The zero-order valence-corrected chi connectivity index (χ0v) is 17.1. The number of amides is 1. The summed E-state index contributed by atoms with van der Waals surface area (Å²) < 4.78 is 29.3. The Labute approximate surface area is 168 Å². The van der Waals surface area contributed by atoms with E-state index in [0.717, 1.165) is 37.0 Å². The molecule has 9 heteroatoms. The molecule has 1 spiro atoms. The Morgan fingerprint density at radius 1 is 1.36 bits per heavy atom. The molecule has 2 aromatic rings. The van der Waals surface area contributed by atoms with Gasteiger partial charge in [0.25, 0.3) is 6.01 Å². The van der Waals surface area contributed by atoms with Crippen LogP contribution >= 0.6 is 11.6 Å². The van der Waals surface area contributed by atoms with Gasteiger partial charge >= 0.3 is 0 Å². The molecule has 1 aromatic carbocycles. The molecule has 2 aliphatic heterocycles. The normalized spacial score (nSPS) is 28.3. The van der Waals surface area contributed by atoms with Crippen molar-refractivity contribution in [2.24, 2.45) is 10.8 Å². The molecule has 1 aliphatic carbocycles. The molecule has 5 rings (SSSR count). The number of aromatic nitrogens is 1. The lowest BCUT2D eigenvalue weighted by molar-refractivity contribution is -0.131. The Morgan fingerprint density at radius 2 is 2.11 bits per heavy atom. The van der Waals surface area contributed by atoms with Gasteiger partial charge < -0.3 is 14.6 Å². The Balaban J connectivity index is 1.16. The second-order valence-corrected chi connectivity index (χ2v) is 11.6. The second-order valence-electron chi connectivity index (χ2n) is 8.95. The number of halogens is 1. The third-order valence-electron chi connectivity index (χ3n) is 6.41. The lowest BCUT2D eigenvalue weighted by Crippen LogP contribution is -2.67. The van der Waals surface area contributed by atoms with Crippen LogP contribution in [-0.2, 0) is 14.6 Å². The summed E-state index contributed by atoms with van der Waals surface area (Å²) in [4.78, 5) is 19.2. The summed E-state index contributed by atoms with van der Waals surface area (Å²) in [7, 11) is -3.08. The van der Waals surface area contributed by atoms with Gasteiger partial charge in [0, 0.05) is 29.6 Å². The largest absolute Gasteiger partial charge is 0.423 e. The molecule has 3 aliphatic rings. The van der Waals surface area contributed by atoms with Crippen molar-refractivity contribution in [3.05, 3.63) is 23.2 Å². The molecule has 1 amide bonds. The molecule has 1 aromatic heterocycles. The summed E-state index contributed by atoms with van der Waals surface area (Å²) in [5, 5.41) is 3.70. The molecule has 28 heavy (non-hydrogen) atoms. The number of hydrogen-bond donors (Lipinski definition) is 1. The second kappa shape index (κ2) is 5.86. The maximum absolute atomic E-state index is 12.6. The number of carbonyl (C=O) groups excluding carboxylic acids is 1. The van der Waals surface area contributed by atoms with E-state index in [4.69, 9.17) is 16.0 Å². The quantitative estimate of drug-likeness (QED) is 0.814. The van der Waals surface area contributed by atoms with Crippen LogP contribution in [0.5, 0.6) is 0 Å². The summed E-state index contributed by atoms with van der Waals surface area (Å²) in [6.07, 6.45) is 2.22. The van der Waals surface area contributed by atoms with Gasteiger partial charge in [-0.05, 0) is 44.4 Å². The Morgan fingerprint density at radius 3 is 2.79 bits per heavy atom. The van der Waals surface area contributed by atoms with E-state index in [2.05, 4.69) is 15.2 Å². The number of sulfone groups is 1. The molecule has 1 saturated carbocycles. The minimum atomic E-state index is -3.08. The molecule has 3 fully saturated rings. The smallest absolute Gasteiger partial charge is 0.298 e. The first-order valence-electron chi connectivity index (χ1n) is 9.48. The third kappa shape index (κ3) is 2.97. The van der Waals surface area contributed by atoms with Crippen LogP contribution in [-0.4, -0.2) is 49.9 Å². The Kier molecular flexibility index (Phi) is 3.82. The lowest BCUT2D eigenvalue weighted by atomic mass is 9.60. The molecule has 1 N–H and O–H groups in total. The van der Waals surface area contributed by atoms with Gasteiger partial charge in [0.1, 0.15) is 5.52 Å². The fourth-order valence-corrected chi connectivity index (χ4v) is 7.14. The highest BCUT2D eigenvalue weighted by molar-refractivity contribution is 7.91. The molecule has 2 saturated heterocycles. The monoisotopic (exact) mass is 423 g/mol. The van der Waals surface area contributed by atoms with E-state index in [1.54, 1.807) is 19.1 Å². The van der Waals surface area contributed by atoms with Crippen molar-refractivity contribution in [2.75, 3.05) is 29.5 Å². The number of benzene rings is 1. The van der Waals surface area contributed by atoms with Gasteiger partial charge in [0.05, 0.1) is 16.9 Å². The van der Waals surface area contributed by atoms with Gasteiger partial charge in [-0.15, -0.1) is 0 Å². The fourth-order valence-electron chi connectivity index (χ4n) is 4.82. The summed E-state index contributed by atoms with van der Waals surface area (Å²) in [6, 6.07) is 6.13. The predicted octanol–water partition coefficient (Wildman–Crippen LogP) is 2.39. The van der Waals surface area contributed by atoms with Gasteiger partial charge in [0.15, 0.2) is 15.4 Å². The maximum Gasteiger partial charge on any atom is 0.298 e. The molecule has 1 atom stereocenters. The van der Waals surface area contributed by atoms with Crippen LogP contribution in [0.25, 0.3) is 11.1 Å². The Bertz CT molecular complexity index is 1070. The molecule has 3 heterocycles. The molecule has 7 nitrogen and oxygen atoms in total. The van der Waals surface area contributed by atoms with Crippen molar-refractivity contribution >= 4 is 44.5 Å². The predicted molar refractivity (Wildman–Crippen MR) is 106 cm³/mol. The van der Waals surface area contributed by atoms with Crippen LogP contribution in [0.2, 0.25) is 5.02 Å². The highest BCUT2D eigenvalue weighted by Crippen LogP contribution is 2.50.